The molecule has 0 spiro atoms. The lowest BCUT2D eigenvalue weighted by atomic mass is 10.1. The van der Waals surface area contributed by atoms with Crippen LogP contribution in [0.2, 0.25) is 5.02 Å². The molecule has 1 saturated carbocycles. The maximum atomic E-state index is 11.8. The van der Waals surface area contributed by atoms with Crippen molar-refractivity contribution in [2.24, 2.45) is 0 Å². The molecule has 0 saturated heterocycles. The third kappa shape index (κ3) is 2.23. The molecule has 0 heterocycles. The number of nitrogen functional groups attached to an aromatic ring is 1. The molecule has 1 fully saturated rings. The number of carbonyl (C=O) groups excluding carboxylic acids is 1. The van der Waals surface area contributed by atoms with Gasteiger partial charge in [-0.05, 0) is 37.5 Å². The Labute approximate surface area is 93.6 Å². The van der Waals surface area contributed by atoms with Crippen molar-refractivity contribution in [2.45, 2.75) is 25.8 Å². The van der Waals surface area contributed by atoms with Crippen molar-refractivity contribution in [1.82, 2.24) is 5.32 Å². The highest BCUT2D eigenvalue weighted by Gasteiger charge is 2.24. The largest absolute Gasteiger partial charge is 0.398 e. The summed E-state index contributed by atoms with van der Waals surface area (Å²) in [6, 6.07) is 3.70. The van der Waals surface area contributed by atoms with Crippen LogP contribution in [0.5, 0.6) is 0 Å². The summed E-state index contributed by atoms with van der Waals surface area (Å²) in [5.74, 6) is -0.124. The highest BCUT2D eigenvalue weighted by molar-refractivity contribution is 6.31. The number of nitrogens with two attached hydrogens (primary N) is 1. The summed E-state index contributed by atoms with van der Waals surface area (Å²) in [5.41, 5.74) is 7.66. The number of nitrogens with one attached hydrogen (secondary N) is 1. The lowest BCUT2D eigenvalue weighted by Crippen LogP contribution is -2.26. The molecule has 0 aromatic heterocycles. The van der Waals surface area contributed by atoms with Crippen molar-refractivity contribution >= 4 is 23.2 Å². The molecule has 4 heteroatoms. The fourth-order valence-electron chi connectivity index (χ4n) is 1.43. The Hall–Kier alpha value is -1.22. The van der Waals surface area contributed by atoms with Gasteiger partial charge in [0.15, 0.2) is 0 Å². The zero-order chi connectivity index (χ0) is 11.0. The average molecular weight is 225 g/mol. The van der Waals surface area contributed by atoms with E-state index in [4.69, 9.17) is 17.3 Å². The quantitative estimate of drug-likeness (QED) is 0.757. The molecule has 15 heavy (non-hydrogen) atoms. The first-order chi connectivity index (χ1) is 7.08. The van der Waals surface area contributed by atoms with Gasteiger partial charge in [-0.2, -0.15) is 0 Å². The Morgan fingerprint density at radius 2 is 2.20 bits per heavy atom. The molecule has 0 bridgehead atoms. The Morgan fingerprint density at radius 1 is 1.53 bits per heavy atom. The number of halogens is 1. The van der Waals surface area contributed by atoms with Crippen LogP contribution >= 0.6 is 11.6 Å². The number of benzene rings is 1. The third-order valence-corrected chi connectivity index (χ3v) is 2.73. The monoisotopic (exact) mass is 224 g/mol. The predicted molar refractivity (Wildman–Crippen MR) is 61.1 cm³/mol. The summed E-state index contributed by atoms with van der Waals surface area (Å²) >= 11 is 5.88. The van der Waals surface area contributed by atoms with Crippen molar-refractivity contribution in [3.8, 4) is 0 Å². The van der Waals surface area contributed by atoms with E-state index < -0.39 is 0 Å². The number of aryl methyl sites for hydroxylation is 1. The number of carbonyl (C=O) groups is 1. The van der Waals surface area contributed by atoms with Crippen LogP contribution in [0, 0.1) is 6.92 Å². The molecule has 1 aliphatic rings. The number of anilines is 1. The lowest BCUT2D eigenvalue weighted by molar-refractivity contribution is 0.0952. The van der Waals surface area contributed by atoms with Crippen molar-refractivity contribution in [3.63, 3.8) is 0 Å². The zero-order valence-electron chi connectivity index (χ0n) is 8.51. The maximum Gasteiger partial charge on any atom is 0.253 e. The second-order valence-corrected chi connectivity index (χ2v) is 4.37. The van der Waals surface area contributed by atoms with Gasteiger partial charge in [-0.3, -0.25) is 4.79 Å². The maximum absolute atomic E-state index is 11.8. The molecular weight excluding hydrogens is 212 g/mol. The van der Waals surface area contributed by atoms with E-state index in [2.05, 4.69) is 5.32 Å². The first-order valence-electron chi connectivity index (χ1n) is 4.94. The number of rotatable bonds is 2. The average Bonchev–Trinajstić information content (AvgIpc) is 2.94. The normalized spacial score (nSPS) is 15.1. The Morgan fingerprint density at radius 3 is 2.80 bits per heavy atom. The number of hydrogen-bond acceptors (Lipinski definition) is 2. The molecule has 1 aromatic carbocycles. The highest BCUT2D eigenvalue weighted by Crippen LogP contribution is 2.24. The van der Waals surface area contributed by atoms with Crippen LogP contribution < -0.4 is 11.1 Å². The van der Waals surface area contributed by atoms with E-state index >= 15 is 0 Å². The van der Waals surface area contributed by atoms with Gasteiger partial charge in [-0.25, -0.2) is 0 Å². The van der Waals surface area contributed by atoms with E-state index in [1.165, 1.54) is 0 Å². The van der Waals surface area contributed by atoms with E-state index in [0.29, 0.717) is 22.3 Å². The molecule has 3 nitrogen and oxygen atoms in total. The van der Waals surface area contributed by atoms with Gasteiger partial charge in [-0.15, -0.1) is 0 Å². The fourth-order valence-corrected chi connectivity index (χ4v) is 1.71. The Bertz CT molecular complexity index is 413. The first kappa shape index (κ1) is 10.3. The van der Waals surface area contributed by atoms with Gasteiger partial charge >= 0.3 is 0 Å². The minimum absolute atomic E-state index is 0.124. The summed E-state index contributed by atoms with van der Waals surface area (Å²) in [7, 11) is 0. The zero-order valence-corrected chi connectivity index (χ0v) is 9.27. The Kier molecular flexibility index (Phi) is 2.57. The van der Waals surface area contributed by atoms with Gasteiger partial charge in [0.1, 0.15) is 0 Å². The summed E-state index contributed by atoms with van der Waals surface area (Å²) in [4.78, 5) is 11.8. The van der Waals surface area contributed by atoms with E-state index in [-0.39, 0.29) is 5.91 Å². The molecule has 3 N–H and O–H groups in total. The van der Waals surface area contributed by atoms with Gasteiger partial charge < -0.3 is 11.1 Å². The van der Waals surface area contributed by atoms with Crippen LogP contribution in [0.1, 0.15) is 28.8 Å². The molecule has 1 aliphatic carbocycles. The molecule has 1 aromatic rings. The van der Waals surface area contributed by atoms with Crippen LogP contribution in [-0.2, 0) is 0 Å². The molecule has 0 aliphatic heterocycles. The standard InChI is InChI=1S/C11H13ClN2O/c1-6-4-7(12)5-9(10(6)13)11(15)14-8-2-3-8/h4-5,8H,2-3,13H2,1H3,(H,14,15). The summed E-state index contributed by atoms with van der Waals surface area (Å²) in [6.07, 6.45) is 2.12. The molecule has 0 unspecified atom stereocenters. The summed E-state index contributed by atoms with van der Waals surface area (Å²) in [5, 5.41) is 3.43. The molecule has 0 atom stereocenters. The van der Waals surface area contributed by atoms with Gasteiger partial charge in [0.05, 0.1) is 5.56 Å². The molecule has 2 rings (SSSR count). The van der Waals surface area contributed by atoms with Gasteiger partial charge in [-0.1, -0.05) is 11.6 Å². The van der Waals surface area contributed by atoms with Crippen molar-refractivity contribution in [3.05, 3.63) is 28.3 Å². The van der Waals surface area contributed by atoms with Crippen molar-refractivity contribution in [2.75, 3.05) is 5.73 Å². The fraction of sp³-hybridized carbons (Fsp3) is 0.364. The van der Waals surface area contributed by atoms with Crippen molar-refractivity contribution < 1.29 is 4.79 Å². The predicted octanol–water partition coefficient (Wildman–Crippen LogP) is 2.12. The molecule has 80 valence electrons. The van der Waals surface area contributed by atoms with Crippen LogP contribution in [0.25, 0.3) is 0 Å². The van der Waals surface area contributed by atoms with E-state index in [1.807, 2.05) is 6.92 Å². The second kappa shape index (κ2) is 3.74. The SMILES string of the molecule is Cc1cc(Cl)cc(C(=O)NC2CC2)c1N. The first-order valence-corrected chi connectivity index (χ1v) is 5.32. The minimum atomic E-state index is -0.124. The van der Waals surface area contributed by atoms with Crippen molar-refractivity contribution in [1.29, 1.82) is 0 Å². The van der Waals surface area contributed by atoms with Crippen LogP contribution in [0.15, 0.2) is 12.1 Å². The van der Waals surface area contributed by atoms with E-state index in [0.717, 1.165) is 18.4 Å². The highest BCUT2D eigenvalue weighted by atomic mass is 35.5. The second-order valence-electron chi connectivity index (χ2n) is 3.93. The smallest absolute Gasteiger partial charge is 0.253 e. The van der Waals surface area contributed by atoms with E-state index in [9.17, 15) is 4.79 Å². The molecular formula is C11H13ClN2O. The molecule has 1 amide bonds. The van der Waals surface area contributed by atoms with Crippen LogP contribution in [-0.4, -0.2) is 11.9 Å². The minimum Gasteiger partial charge on any atom is -0.398 e. The lowest BCUT2D eigenvalue weighted by Gasteiger charge is -2.09. The third-order valence-electron chi connectivity index (χ3n) is 2.51. The summed E-state index contributed by atoms with van der Waals surface area (Å²) < 4.78 is 0. The van der Waals surface area contributed by atoms with Gasteiger partial charge in [0, 0.05) is 16.8 Å². The summed E-state index contributed by atoms with van der Waals surface area (Å²) in [6.45, 7) is 1.84. The van der Waals surface area contributed by atoms with Gasteiger partial charge in [0.2, 0.25) is 0 Å². The van der Waals surface area contributed by atoms with E-state index in [1.54, 1.807) is 12.1 Å². The van der Waals surface area contributed by atoms with Crippen LogP contribution in [0.4, 0.5) is 5.69 Å². The topological polar surface area (TPSA) is 55.1 Å². The number of amides is 1. The van der Waals surface area contributed by atoms with Gasteiger partial charge in [0.25, 0.3) is 5.91 Å². The van der Waals surface area contributed by atoms with Crippen LogP contribution in [0.3, 0.4) is 0 Å². The Balaban J connectivity index is 2.28. The number of hydrogen-bond donors (Lipinski definition) is 2. The molecule has 0 radical (unpaired) electrons.